The second kappa shape index (κ2) is 7.06. The van der Waals surface area contributed by atoms with Crippen molar-refractivity contribution >= 4 is 28.0 Å². The Hall–Kier alpha value is -1.49. The van der Waals surface area contributed by atoms with Crippen LogP contribution in [0, 0.1) is 0 Å². The molecule has 0 aliphatic carbocycles. The summed E-state index contributed by atoms with van der Waals surface area (Å²) < 4.78 is 16.0. The Labute approximate surface area is 115 Å². The van der Waals surface area contributed by atoms with Crippen LogP contribution >= 0.6 is 15.9 Å². The van der Waals surface area contributed by atoms with E-state index in [-0.39, 0.29) is 5.97 Å². The molecule has 0 radical (unpaired) electrons. The molecule has 0 unspecified atom stereocenters. The van der Waals surface area contributed by atoms with Crippen LogP contribution in [0.4, 0.5) is 0 Å². The number of carbonyl (C=O) groups is 1. The van der Waals surface area contributed by atoms with E-state index in [1.807, 2.05) is 0 Å². The molecule has 1 aromatic rings. The molecule has 0 fully saturated rings. The fourth-order valence-electron chi connectivity index (χ4n) is 1.35. The molecular formula is C13H15BrO4. The number of esters is 1. The number of benzene rings is 1. The highest BCUT2D eigenvalue weighted by Crippen LogP contribution is 2.33. The van der Waals surface area contributed by atoms with Gasteiger partial charge in [0.2, 0.25) is 0 Å². The lowest BCUT2D eigenvalue weighted by Gasteiger charge is -2.09. The topological polar surface area (TPSA) is 44.8 Å². The molecule has 0 saturated carbocycles. The maximum Gasteiger partial charge on any atom is 0.330 e. The van der Waals surface area contributed by atoms with Crippen LogP contribution in [-0.4, -0.2) is 26.8 Å². The summed E-state index contributed by atoms with van der Waals surface area (Å²) in [5, 5.41) is 0. The van der Waals surface area contributed by atoms with Crippen molar-refractivity contribution in [3.8, 4) is 11.5 Å². The molecule has 0 aliphatic heterocycles. The van der Waals surface area contributed by atoms with Gasteiger partial charge < -0.3 is 14.2 Å². The summed E-state index contributed by atoms with van der Waals surface area (Å²) in [5.41, 5.74) is 0.806. The van der Waals surface area contributed by atoms with E-state index in [0.717, 1.165) is 10.0 Å². The van der Waals surface area contributed by atoms with Crippen LogP contribution in [-0.2, 0) is 9.53 Å². The van der Waals surface area contributed by atoms with E-state index in [9.17, 15) is 4.79 Å². The molecule has 0 aromatic heterocycles. The van der Waals surface area contributed by atoms with Crippen molar-refractivity contribution < 1.29 is 19.0 Å². The molecule has 98 valence electrons. The van der Waals surface area contributed by atoms with Crippen molar-refractivity contribution in [3.05, 3.63) is 28.2 Å². The zero-order chi connectivity index (χ0) is 13.5. The first-order chi connectivity index (χ1) is 8.62. The number of halogens is 1. The van der Waals surface area contributed by atoms with Crippen LogP contribution in [0.15, 0.2) is 22.7 Å². The number of ether oxygens (including phenoxy) is 3. The zero-order valence-corrected chi connectivity index (χ0v) is 12.1. The summed E-state index contributed by atoms with van der Waals surface area (Å²) >= 11 is 3.40. The standard InChI is InChI=1S/C13H15BrO4/c1-4-18-13(15)6-5-9-7-11(16-2)12(17-3)8-10(9)14/h5-8H,4H2,1-3H3/b6-5+. The SMILES string of the molecule is CCOC(=O)/C=C/c1cc(OC)c(OC)cc1Br. The molecule has 5 heteroatoms. The first kappa shape index (κ1) is 14.6. The Morgan fingerprint density at radius 2 is 1.89 bits per heavy atom. The fraction of sp³-hybridized carbons (Fsp3) is 0.308. The molecule has 1 rings (SSSR count). The molecule has 0 heterocycles. The van der Waals surface area contributed by atoms with E-state index < -0.39 is 0 Å². The summed E-state index contributed by atoms with van der Waals surface area (Å²) in [5.74, 6) is 0.848. The predicted octanol–water partition coefficient (Wildman–Crippen LogP) is 3.04. The van der Waals surface area contributed by atoms with Crippen LogP contribution in [0.5, 0.6) is 11.5 Å². The third-order valence-corrected chi connectivity index (χ3v) is 2.88. The summed E-state index contributed by atoms with van der Waals surface area (Å²) in [6.07, 6.45) is 3.03. The Morgan fingerprint density at radius 3 is 2.44 bits per heavy atom. The molecule has 0 spiro atoms. The van der Waals surface area contributed by atoms with Crippen LogP contribution < -0.4 is 9.47 Å². The third kappa shape index (κ3) is 3.77. The van der Waals surface area contributed by atoms with E-state index in [0.29, 0.717) is 18.1 Å². The molecule has 4 nitrogen and oxygen atoms in total. The molecule has 0 saturated heterocycles. The number of carbonyl (C=O) groups excluding carboxylic acids is 1. The molecule has 0 amide bonds. The highest BCUT2D eigenvalue weighted by atomic mass is 79.9. The van der Waals surface area contributed by atoms with Crippen molar-refractivity contribution in [2.24, 2.45) is 0 Å². The lowest BCUT2D eigenvalue weighted by atomic mass is 10.2. The lowest BCUT2D eigenvalue weighted by Crippen LogP contribution is -1.98. The zero-order valence-electron chi connectivity index (χ0n) is 10.5. The van der Waals surface area contributed by atoms with Gasteiger partial charge >= 0.3 is 5.97 Å². The fourth-order valence-corrected chi connectivity index (χ4v) is 1.80. The van der Waals surface area contributed by atoms with Crippen LogP contribution in [0.1, 0.15) is 12.5 Å². The average molecular weight is 315 g/mol. The largest absolute Gasteiger partial charge is 0.493 e. The Kier molecular flexibility index (Phi) is 5.71. The normalized spacial score (nSPS) is 10.4. The minimum absolute atomic E-state index is 0.357. The highest BCUT2D eigenvalue weighted by molar-refractivity contribution is 9.10. The monoisotopic (exact) mass is 314 g/mol. The van der Waals surface area contributed by atoms with Gasteiger partial charge in [0, 0.05) is 10.5 Å². The Bertz CT molecular complexity index is 455. The maximum atomic E-state index is 11.2. The van der Waals surface area contributed by atoms with Gasteiger partial charge in [-0.3, -0.25) is 0 Å². The van der Waals surface area contributed by atoms with Crippen molar-refractivity contribution in [1.82, 2.24) is 0 Å². The lowest BCUT2D eigenvalue weighted by molar-refractivity contribution is -0.137. The smallest absolute Gasteiger partial charge is 0.330 e. The molecule has 0 aliphatic rings. The van der Waals surface area contributed by atoms with Gasteiger partial charge in [0.25, 0.3) is 0 Å². The van der Waals surface area contributed by atoms with E-state index in [1.54, 1.807) is 39.4 Å². The molecule has 18 heavy (non-hydrogen) atoms. The van der Waals surface area contributed by atoms with Gasteiger partial charge in [-0.15, -0.1) is 0 Å². The maximum absolute atomic E-state index is 11.2. The molecule has 0 atom stereocenters. The van der Waals surface area contributed by atoms with Gasteiger partial charge in [-0.25, -0.2) is 4.79 Å². The summed E-state index contributed by atoms with van der Waals surface area (Å²) in [4.78, 5) is 11.2. The molecule has 0 N–H and O–H groups in total. The number of methoxy groups -OCH3 is 2. The minimum atomic E-state index is -0.376. The minimum Gasteiger partial charge on any atom is -0.493 e. The van der Waals surface area contributed by atoms with E-state index in [4.69, 9.17) is 14.2 Å². The number of hydrogen-bond donors (Lipinski definition) is 0. The predicted molar refractivity (Wildman–Crippen MR) is 72.9 cm³/mol. The first-order valence-corrected chi connectivity index (χ1v) is 6.18. The first-order valence-electron chi connectivity index (χ1n) is 5.38. The van der Waals surface area contributed by atoms with Gasteiger partial charge in [-0.05, 0) is 30.7 Å². The van der Waals surface area contributed by atoms with Crippen molar-refractivity contribution in [2.75, 3.05) is 20.8 Å². The summed E-state index contributed by atoms with van der Waals surface area (Å²) in [7, 11) is 3.13. The second-order valence-electron chi connectivity index (χ2n) is 3.31. The van der Waals surface area contributed by atoms with E-state index in [1.165, 1.54) is 6.08 Å². The quantitative estimate of drug-likeness (QED) is 0.619. The van der Waals surface area contributed by atoms with Crippen LogP contribution in [0.25, 0.3) is 6.08 Å². The van der Waals surface area contributed by atoms with E-state index in [2.05, 4.69) is 15.9 Å². The second-order valence-corrected chi connectivity index (χ2v) is 4.17. The number of hydrogen-bond acceptors (Lipinski definition) is 4. The summed E-state index contributed by atoms with van der Waals surface area (Å²) in [6.45, 7) is 2.12. The van der Waals surface area contributed by atoms with Crippen molar-refractivity contribution in [2.45, 2.75) is 6.92 Å². The average Bonchev–Trinajstić information content (AvgIpc) is 2.37. The van der Waals surface area contributed by atoms with Gasteiger partial charge in [0.05, 0.1) is 20.8 Å². The highest BCUT2D eigenvalue weighted by Gasteiger charge is 2.08. The van der Waals surface area contributed by atoms with Crippen LogP contribution in [0.3, 0.4) is 0 Å². The van der Waals surface area contributed by atoms with Crippen molar-refractivity contribution in [3.63, 3.8) is 0 Å². The Morgan fingerprint density at radius 1 is 1.28 bits per heavy atom. The third-order valence-electron chi connectivity index (χ3n) is 2.19. The number of rotatable bonds is 5. The molecule has 0 bridgehead atoms. The molecular weight excluding hydrogens is 300 g/mol. The summed E-state index contributed by atoms with van der Waals surface area (Å²) in [6, 6.07) is 3.56. The van der Waals surface area contributed by atoms with Gasteiger partial charge in [-0.2, -0.15) is 0 Å². The van der Waals surface area contributed by atoms with Gasteiger partial charge in [0.15, 0.2) is 11.5 Å². The van der Waals surface area contributed by atoms with Gasteiger partial charge in [-0.1, -0.05) is 15.9 Å². The Balaban J connectivity index is 2.99. The van der Waals surface area contributed by atoms with Crippen molar-refractivity contribution in [1.29, 1.82) is 0 Å². The van der Waals surface area contributed by atoms with Gasteiger partial charge in [0.1, 0.15) is 0 Å². The van der Waals surface area contributed by atoms with Crippen LogP contribution in [0.2, 0.25) is 0 Å². The molecule has 1 aromatic carbocycles. The van der Waals surface area contributed by atoms with E-state index >= 15 is 0 Å².